The lowest BCUT2D eigenvalue weighted by molar-refractivity contribution is -0.117. The Morgan fingerprint density at radius 3 is 2.02 bits per heavy atom. The highest BCUT2D eigenvalue weighted by molar-refractivity contribution is 8.15. The predicted octanol–water partition coefficient (Wildman–Crippen LogP) is 3.68. The van der Waals surface area contributed by atoms with Gasteiger partial charge in [0.1, 0.15) is 4.88 Å². The van der Waals surface area contributed by atoms with Crippen LogP contribution in [0.3, 0.4) is 0 Å². The van der Waals surface area contributed by atoms with Crippen molar-refractivity contribution in [1.29, 1.82) is 0 Å². The van der Waals surface area contributed by atoms with Crippen LogP contribution >= 0.6 is 23.1 Å². The Morgan fingerprint density at radius 2 is 1.39 bits per heavy atom. The number of aromatic hydroxyl groups is 1. The van der Waals surface area contributed by atoms with Crippen LogP contribution in [0.15, 0.2) is 116 Å². The van der Waals surface area contributed by atoms with Gasteiger partial charge in [0.25, 0.3) is 37.6 Å². The summed E-state index contributed by atoms with van der Waals surface area (Å²) in [6, 6.07) is 26.5. The van der Waals surface area contributed by atoms with Crippen LogP contribution in [0.5, 0.6) is 5.88 Å². The number of aromatic nitrogens is 1. The zero-order valence-electron chi connectivity index (χ0n) is 28.6. The summed E-state index contributed by atoms with van der Waals surface area (Å²) in [6.07, 6.45) is 0. The molecule has 19 heteroatoms. The maximum atomic E-state index is 12.5. The number of sulfonamides is 2. The highest BCUT2D eigenvalue weighted by Crippen LogP contribution is 2.35. The van der Waals surface area contributed by atoms with Crippen LogP contribution in [0, 0.1) is 13.8 Å². The lowest BCUT2D eigenvalue weighted by Crippen LogP contribution is -2.22. The molecule has 0 aliphatic carbocycles. The van der Waals surface area contributed by atoms with Gasteiger partial charge in [-0.25, -0.2) is 13.4 Å². The number of carbonyl (C=O) groups is 4. The molecule has 0 atom stereocenters. The van der Waals surface area contributed by atoms with Gasteiger partial charge in [0.15, 0.2) is 5.17 Å². The smallest absolute Gasteiger partial charge is 0.296 e. The summed E-state index contributed by atoms with van der Waals surface area (Å²) in [7, 11) is -7.59. The minimum atomic E-state index is -3.86. The van der Waals surface area contributed by atoms with Crippen molar-refractivity contribution in [2.45, 2.75) is 31.1 Å². The monoisotopic (exact) mass is 832 g/mol. The third kappa shape index (κ3) is 9.25. The molecule has 0 spiro atoms. The number of fused-ring (bicyclic) bond motifs is 2. The van der Waals surface area contributed by atoms with Gasteiger partial charge in [0.05, 0.1) is 37.7 Å². The topological polar surface area (TPSA) is 230 Å². The molecule has 0 bridgehead atoms. The molecule has 0 radical (unpaired) electrons. The fraction of sp³-hybridized carbons (Fsp3) is 0.108. The number of hydrogen-bond donors (Lipinski definition) is 4. The maximum Gasteiger partial charge on any atom is 0.296 e. The molecule has 5 aromatic rings. The Bertz CT molecular complexity index is 2770. The van der Waals surface area contributed by atoms with Gasteiger partial charge < -0.3 is 15.7 Å². The van der Waals surface area contributed by atoms with E-state index in [9.17, 15) is 41.1 Å². The molecule has 3 aliphatic heterocycles. The summed E-state index contributed by atoms with van der Waals surface area (Å²) < 4.78 is 54.6. The molecule has 1 saturated heterocycles. The van der Waals surface area contributed by atoms with Crippen LogP contribution in [0.25, 0.3) is 5.57 Å². The fourth-order valence-electron chi connectivity index (χ4n) is 5.03. The van der Waals surface area contributed by atoms with E-state index in [0.29, 0.717) is 21.8 Å². The Labute approximate surface area is 329 Å². The van der Waals surface area contributed by atoms with Crippen molar-refractivity contribution in [2.24, 2.45) is 9.39 Å². The number of aryl methyl sites for hydroxylation is 2. The quantitative estimate of drug-likeness (QED) is 0.180. The SMILES string of the molecule is C.Cc1ccc(S(=O)(=O)N=C2NC(=O)CS2)cc1.Cc1ccc(S(=O)(=O)Nc2nc(O)c(C3=c4ccccc4=NC3=O)s2)cc1.O=C1Nc2ccccc2C1=O. The van der Waals surface area contributed by atoms with Gasteiger partial charge in [-0.15, -0.1) is 4.40 Å². The number of hydrogen-bond acceptors (Lipinski definition) is 12. The first-order chi connectivity index (χ1) is 26.1. The van der Waals surface area contributed by atoms with E-state index < -0.39 is 43.5 Å². The lowest BCUT2D eigenvalue weighted by Gasteiger charge is -2.05. The highest BCUT2D eigenvalue weighted by atomic mass is 32.2. The molecule has 4 N–H and O–H groups in total. The average molecular weight is 833 g/mol. The Kier molecular flexibility index (Phi) is 12.3. The Morgan fingerprint density at radius 1 is 0.786 bits per heavy atom. The van der Waals surface area contributed by atoms with E-state index in [1.165, 1.54) is 24.3 Å². The minimum absolute atomic E-state index is 0. The molecular formula is C37H32N6O9S4. The van der Waals surface area contributed by atoms with Crippen LogP contribution < -0.4 is 25.9 Å². The van der Waals surface area contributed by atoms with E-state index in [0.717, 1.165) is 34.2 Å². The molecule has 0 unspecified atom stereocenters. The molecule has 1 aromatic heterocycles. The van der Waals surface area contributed by atoms with Crippen LogP contribution in [0.4, 0.5) is 10.8 Å². The zero-order valence-corrected chi connectivity index (χ0v) is 31.9. The van der Waals surface area contributed by atoms with E-state index in [4.69, 9.17) is 0 Å². The van der Waals surface area contributed by atoms with E-state index >= 15 is 0 Å². The number of anilines is 2. The number of ketones is 1. The largest absolute Gasteiger partial charge is 0.492 e. The zero-order chi connectivity index (χ0) is 39.5. The summed E-state index contributed by atoms with van der Waals surface area (Å²) in [5.41, 5.74) is 3.20. The van der Waals surface area contributed by atoms with E-state index in [1.807, 2.05) is 13.8 Å². The van der Waals surface area contributed by atoms with Gasteiger partial charge in [-0.2, -0.15) is 13.4 Å². The summed E-state index contributed by atoms with van der Waals surface area (Å²) in [4.78, 5) is 53.1. The minimum Gasteiger partial charge on any atom is -0.492 e. The van der Waals surface area contributed by atoms with Gasteiger partial charge in [0, 0.05) is 5.22 Å². The molecule has 288 valence electrons. The van der Waals surface area contributed by atoms with Crippen LogP contribution in [-0.4, -0.2) is 61.4 Å². The second-order valence-electron chi connectivity index (χ2n) is 11.7. The Balaban J connectivity index is 0.000000176. The molecule has 0 saturated carbocycles. The number of benzene rings is 4. The summed E-state index contributed by atoms with van der Waals surface area (Å²) in [5.74, 6) is -1.91. The molecule has 15 nitrogen and oxygen atoms in total. The van der Waals surface area contributed by atoms with E-state index in [1.54, 1.807) is 72.8 Å². The summed E-state index contributed by atoms with van der Waals surface area (Å²) in [6.45, 7) is 3.73. The molecule has 8 rings (SSSR count). The molecule has 4 aromatic carbocycles. The first-order valence-corrected chi connectivity index (χ1v) is 20.6. The molecule has 4 heterocycles. The number of rotatable bonds is 6. The number of nitrogens with zero attached hydrogens (tertiary/aromatic N) is 3. The number of amides is 3. The number of thiazole rings is 1. The first-order valence-electron chi connectivity index (χ1n) is 15.9. The van der Waals surface area contributed by atoms with Crippen molar-refractivity contribution in [3.05, 3.63) is 129 Å². The number of nitrogens with one attached hydrogen (secondary N) is 3. The molecule has 56 heavy (non-hydrogen) atoms. The Hall–Kier alpha value is -6.02. The van der Waals surface area contributed by atoms with Crippen molar-refractivity contribution in [2.75, 3.05) is 15.8 Å². The van der Waals surface area contributed by atoms with Crippen molar-refractivity contribution >= 4 is 88.2 Å². The number of carbonyl (C=O) groups excluding carboxylic acids is 4. The van der Waals surface area contributed by atoms with Crippen molar-refractivity contribution in [3.63, 3.8) is 0 Å². The van der Waals surface area contributed by atoms with E-state index in [2.05, 4.69) is 29.7 Å². The average Bonchev–Trinajstić information content (AvgIpc) is 3.88. The van der Waals surface area contributed by atoms with Gasteiger partial charge in [-0.3, -0.25) is 23.9 Å². The van der Waals surface area contributed by atoms with Crippen LogP contribution in [0.1, 0.15) is 33.8 Å². The number of para-hydroxylation sites is 2. The van der Waals surface area contributed by atoms with Crippen molar-refractivity contribution in [3.8, 4) is 5.88 Å². The van der Waals surface area contributed by atoms with E-state index in [-0.39, 0.29) is 49.6 Å². The molecule has 3 amide bonds. The third-order valence-electron chi connectivity index (χ3n) is 7.73. The van der Waals surface area contributed by atoms with Crippen LogP contribution in [-0.2, 0) is 34.4 Å². The second kappa shape index (κ2) is 16.8. The number of amidine groups is 1. The van der Waals surface area contributed by atoms with Gasteiger partial charge in [0.2, 0.25) is 16.9 Å². The summed E-state index contributed by atoms with van der Waals surface area (Å²) >= 11 is 1.96. The normalized spacial score (nSPS) is 14.9. The summed E-state index contributed by atoms with van der Waals surface area (Å²) in [5, 5.41) is 16.2. The van der Waals surface area contributed by atoms with Crippen molar-refractivity contribution in [1.82, 2.24) is 10.3 Å². The van der Waals surface area contributed by atoms with Crippen LogP contribution in [0.2, 0.25) is 0 Å². The van der Waals surface area contributed by atoms with Gasteiger partial charge in [-0.1, -0.05) is 96.2 Å². The van der Waals surface area contributed by atoms with Gasteiger partial charge >= 0.3 is 0 Å². The maximum absolute atomic E-state index is 12.5. The molecule has 1 fully saturated rings. The predicted molar refractivity (Wildman–Crippen MR) is 213 cm³/mol. The third-order valence-corrected chi connectivity index (χ3v) is 12.5. The molecular weight excluding hydrogens is 801 g/mol. The fourth-order valence-corrected chi connectivity index (χ4v) is 9.06. The molecule has 3 aliphatic rings. The first kappa shape index (κ1) is 41.1. The number of Topliss-reactive ketones (excluding diaryl/α,β-unsaturated/α-hetero) is 1. The number of thioether (sulfide) groups is 1. The lowest BCUT2D eigenvalue weighted by atomic mass is 10.1. The van der Waals surface area contributed by atoms with Crippen molar-refractivity contribution < 1.29 is 41.1 Å². The van der Waals surface area contributed by atoms with Gasteiger partial charge in [-0.05, 0) is 56.3 Å². The second-order valence-corrected chi connectivity index (χ2v) is 17.0. The highest BCUT2D eigenvalue weighted by Gasteiger charge is 2.28. The standard InChI is InChI=1S/C18H13N3O4S2.C10H10N2O3S2.C8H5NO2.CH4/c1-10-6-8-11(9-7-10)27(24,25)21-18-20-17(23)15(26-18)14-12-4-2-3-5-13(12)19-16(14)22;1-7-2-4-8(5-3-7)17(14,15)12-10-11-9(13)6-16-10;10-7-5-3-1-2-4-6(5)9-8(7)11;/h2-9,23H,1H3,(H,20,21);2-5H,6H2,1H3,(H,11,12,13);1-4H,(H,9,10,11);1H4.